The van der Waals surface area contributed by atoms with Gasteiger partial charge in [0.05, 0.1) is 22.6 Å². The molecule has 1 N–H and O–H groups in total. The Morgan fingerprint density at radius 2 is 1.79 bits per heavy atom. The maximum atomic E-state index is 9.48. The van der Waals surface area contributed by atoms with Crippen LogP contribution in [0.2, 0.25) is 5.02 Å². The zero-order valence-corrected chi connectivity index (χ0v) is 18.2. The molecular formula is C22H15BrClN3OS. The SMILES string of the molecule is Oc1ccc(/C=N\n2c(-c3cccc(Br)c3)csc2=Nc2ccccc2Cl)cc1. The van der Waals surface area contributed by atoms with Gasteiger partial charge in [0.1, 0.15) is 5.75 Å². The molecule has 1 heterocycles. The van der Waals surface area contributed by atoms with Gasteiger partial charge in [-0.25, -0.2) is 9.67 Å². The van der Waals surface area contributed by atoms with Crippen LogP contribution in [-0.4, -0.2) is 16.0 Å². The number of benzene rings is 3. The lowest BCUT2D eigenvalue weighted by molar-refractivity contribution is 0.475. The molecule has 0 aliphatic rings. The molecular weight excluding hydrogens is 470 g/mol. The van der Waals surface area contributed by atoms with Gasteiger partial charge in [-0.2, -0.15) is 5.10 Å². The highest BCUT2D eigenvalue weighted by Crippen LogP contribution is 2.26. The standard InChI is InChI=1S/C22H15BrClN3OS/c23-17-5-3-4-16(12-17)21-14-29-22(26-20-7-2-1-6-19(20)24)27(21)25-13-15-8-10-18(28)11-9-15/h1-14,28H/b25-13-,26-22?. The Hall–Kier alpha value is -2.67. The predicted molar refractivity (Wildman–Crippen MR) is 123 cm³/mol. The van der Waals surface area contributed by atoms with Gasteiger partial charge in [-0.1, -0.05) is 51.8 Å². The number of hydrogen-bond acceptors (Lipinski definition) is 4. The minimum atomic E-state index is 0.217. The average Bonchev–Trinajstić information content (AvgIpc) is 3.12. The van der Waals surface area contributed by atoms with E-state index in [4.69, 9.17) is 16.6 Å². The van der Waals surface area contributed by atoms with Crippen LogP contribution < -0.4 is 4.80 Å². The molecule has 0 atom stereocenters. The van der Waals surface area contributed by atoms with E-state index >= 15 is 0 Å². The molecule has 144 valence electrons. The van der Waals surface area contributed by atoms with E-state index in [1.807, 2.05) is 53.9 Å². The molecule has 4 aromatic rings. The van der Waals surface area contributed by atoms with Crippen molar-refractivity contribution in [2.75, 3.05) is 0 Å². The minimum absolute atomic E-state index is 0.217. The van der Waals surface area contributed by atoms with Crippen molar-refractivity contribution in [1.82, 2.24) is 4.68 Å². The van der Waals surface area contributed by atoms with Crippen molar-refractivity contribution >= 4 is 50.8 Å². The van der Waals surface area contributed by atoms with Gasteiger partial charge >= 0.3 is 0 Å². The van der Waals surface area contributed by atoms with Crippen LogP contribution in [0.25, 0.3) is 11.3 Å². The fourth-order valence-corrected chi connectivity index (χ4v) is 4.09. The summed E-state index contributed by atoms with van der Waals surface area (Å²) in [6.45, 7) is 0. The van der Waals surface area contributed by atoms with Crippen LogP contribution in [0.4, 0.5) is 5.69 Å². The van der Waals surface area contributed by atoms with Crippen LogP contribution in [0.3, 0.4) is 0 Å². The number of hydrogen-bond donors (Lipinski definition) is 1. The number of aromatic hydroxyl groups is 1. The summed E-state index contributed by atoms with van der Waals surface area (Å²) in [5.41, 5.74) is 3.48. The van der Waals surface area contributed by atoms with E-state index in [2.05, 4.69) is 21.0 Å². The maximum absolute atomic E-state index is 9.48. The second-order valence-electron chi connectivity index (χ2n) is 6.12. The van der Waals surface area contributed by atoms with Crippen molar-refractivity contribution in [3.63, 3.8) is 0 Å². The molecule has 1 aromatic heterocycles. The summed E-state index contributed by atoms with van der Waals surface area (Å²) in [6, 6.07) is 22.3. The predicted octanol–water partition coefficient (Wildman–Crippen LogP) is 6.45. The number of nitrogens with zero attached hydrogens (tertiary/aromatic N) is 3. The van der Waals surface area contributed by atoms with Crippen LogP contribution in [-0.2, 0) is 0 Å². The van der Waals surface area contributed by atoms with Crippen molar-refractivity contribution in [3.05, 3.63) is 98.0 Å². The highest BCUT2D eigenvalue weighted by molar-refractivity contribution is 9.10. The van der Waals surface area contributed by atoms with E-state index in [0.717, 1.165) is 21.3 Å². The Labute approximate surface area is 185 Å². The molecule has 29 heavy (non-hydrogen) atoms. The Bertz CT molecular complexity index is 1250. The number of rotatable bonds is 4. The molecule has 0 amide bonds. The fourth-order valence-electron chi connectivity index (χ4n) is 2.67. The topological polar surface area (TPSA) is 49.9 Å². The lowest BCUT2D eigenvalue weighted by atomic mass is 10.2. The molecule has 0 saturated carbocycles. The third kappa shape index (κ3) is 4.67. The number of phenols is 1. The highest BCUT2D eigenvalue weighted by Gasteiger charge is 2.09. The monoisotopic (exact) mass is 483 g/mol. The summed E-state index contributed by atoms with van der Waals surface area (Å²) in [4.78, 5) is 5.42. The largest absolute Gasteiger partial charge is 0.508 e. The van der Waals surface area contributed by atoms with Gasteiger partial charge in [0.25, 0.3) is 0 Å². The molecule has 0 aliphatic carbocycles. The number of halogens is 2. The Morgan fingerprint density at radius 3 is 2.55 bits per heavy atom. The quantitative estimate of drug-likeness (QED) is 0.332. The maximum Gasteiger partial charge on any atom is 0.211 e. The Morgan fingerprint density at radius 1 is 1.00 bits per heavy atom. The lowest BCUT2D eigenvalue weighted by Crippen LogP contribution is -2.11. The van der Waals surface area contributed by atoms with Gasteiger partial charge < -0.3 is 5.11 Å². The van der Waals surface area contributed by atoms with E-state index in [1.165, 1.54) is 11.3 Å². The van der Waals surface area contributed by atoms with Crippen LogP contribution in [0.1, 0.15) is 5.56 Å². The molecule has 4 nitrogen and oxygen atoms in total. The van der Waals surface area contributed by atoms with E-state index in [-0.39, 0.29) is 5.75 Å². The van der Waals surface area contributed by atoms with Gasteiger partial charge in [0.2, 0.25) is 4.80 Å². The molecule has 0 unspecified atom stereocenters. The number of aromatic nitrogens is 1. The van der Waals surface area contributed by atoms with Crippen molar-refractivity contribution in [1.29, 1.82) is 0 Å². The third-order valence-corrected chi connectivity index (χ3v) is 5.72. The first-order chi connectivity index (χ1) is 14.1. The summed E-state index contributed by atoms with van der Waals surface area (Å²) in [5, 5.41) is 16.7. The van der Waals surface area contributed by atoms with Gasteiger partial charge in [-0.15, -0.1) is 11.3 Å². The molecule has 0 radical (unpaired) electrons. The second kappa shape index (κ2) is 8.78. The van der Waals surface area contributed by atoms with Gasteiger partial charge in [0, 0.05) is 15.4 Å². The van der Waals surface area contributed by atoms with E-state index in [0.29, 0.717) is 15.5 Å². The molecule has 3 aromatic carbocycles. The summed E-state index contributed by atoms with van der Waals surface area (Å²) < 4.78 is 2.78. The molecule has 4 rings (SSSR count). The van der Waals surface area contributed by atoms with Crippen molar-refractivity contribution < 1.29 is 5.11 Å². The molecule has 0 spiro atoms. The van der Waals surface area contributed by atoms with E-state index in [9.17, 15) is 5.11 Å². The molecule has 0 saturated heterocycles. The number of phenolic OH excluding ortho intramolecular Hbond substituents is 1. The Balaban J connectivity index is 1.86. The first-order valence-corrected chi connectivity index (χ1v) is 10.7. The van der Waals surface area contributed by atoms with Crippen LogP contribution in [0.15, 0.2) is 92.7 Å². The summed E-state index contributed by atoms with van der Waals surface area (Å²) in [5.74, 6) is 0.217. The van der Waals surface area contributed by atoms with Gasteiger partial charge in [-0.3, -0.25) is 0 Å². The Kier molecular flexibility index (Phi) is 5.94. The van der Waals surface area contributed by atoms with Crippen LogP contribution in [0.5, 0.6) is 5.75 Å². The van der Waals surface area contributed by atoms with Gasteiger partial charge in [0.15, 0.2) is 0 Å². The first kappa shape index (κ1) is 19.6. The number of para-hydroxylation sites is 1. The zero-order valence-electron chi connectivity index (χ0n) is 15.0. The van der Waals surface area contributed by atoms with Gasteiger partial charge in [-0.05, 0) is 54.1 Å². The molecule has 0 bridgehead atoms. The normalized spacial score (nSPS) is 12.0. The number of thiazole rings is 1. The minimum Gasteiger partial charge on any atom is -0.508 e. The van der Waals surface area contributed by atoms with E-state index in [1.54, 1.807) is 35.2 Å². The second-order valence-corrected chi connectivity index (χ2v) is 8.28. The lowest BCUT2D eigenvalue weighted by Gasteiger charge is -2.04. The molecule has 0 aliphatic heterocycles. The average molecular weight is 485 g/mol. The third-order valence-electron chi connectivity index (χ3n) is 4.09. The molecule has 0 fully saturated rings. The summed E-state index contributed by atoms with van der Waals surface area (Å²) in [6.07, 6.45) is 1.74. The fraction of sp³-hybridized carbons (Fsp3) is 0. The van der Waals surface area contributed by atoms with Crippen molar-refractivity contribution in [2.24, 2.45) is 10.1 Å². The smallest absolute Gasteiger partial charge is 0.211 e. The van der Waals surface area contributed by atoms with Crippen LogP contribution >= 0.6 is 38.9 Å². The van der Waals surface area contributed by atoms with E-state index < -0.39 is 0 Å². The molecule has 7 heteroatoms. The summed E-state index contributed by atoms with van der Waals surface area (Å²) in [7, 11) is 0. The zero-order chi connectivity index (χ0) is 20.2. The summed E-state index contributed by atoms with van der Waals surface area (Å²) >= 11 is 11.3. The highest BCUT2D eigenvalue weighted by atomic mass is 79.9. The first-order valence-electron chi connectivity index (χ1n) is 8.69. The van der Waals surface area contributed by atoms with Crippen molar-refractivity contribution in [2.45, 2.75) is 0 Å². The van der Waals surface area contributed by atoms with Crippen molar-refractivity contribution in [3.8, 4) is 17.0 Å². The van der Waals surface area contributed by atoms with Crippen LogP contribution in [0, 0.1) is 0 Å².